The number of methoxy groups -OCH3 is 1. The molecule has 3 atom stereocenters. The van der Waals surface area contributed by atoms with Crippen LogP contribution in [0.5, 0.6) is 0 Å². The van der Waals surface area contributed by atoms with Crippen LogP contribution >= 0.6 is 0 Å². The second-order valence-corrected chi connectivity index (χ2v) is 4.92. The van der Waals surface area contributed by atoms with Crippen LogP contribution in [0, 0.1) is 0 Å². The minimum absolute atomic E-state index is 0.186. The van der Waals surface area contributed by atoms with Crippen molar-refractivity contribution in [3.63, 3.8) is 0 Å². The van der Waals surface area contributed by atoms with Crippen LogP contribution < -0.4 is 5.32 Å². The third-order valence-electron chi connectivity index (χ3n) is 3.44. The van der Waals surface area contributed by atoms with E-state index in [0.717, 1.165) is 18.4 Å². The number of hydrogen-bond acceptors (Lipinski definition) is 4. The molecule has 1 aliphatic heterocycles. The molecular weight excluding hydrogens is 242 g/mol. The topological polar surface area (TPSA) is 47.6 Å². The van der Waals surface area contributed by atoms with Crippen LogP contribution in [0.4, 0.5) is 0 Å². The summed E-state index contributed by atoms with van der Waals surface area (Å²) in [4.78, 5) is 11.9. The summed E-state index contributed by atoms with van der Waals surface area (Å²) in [6.07, 6.45) is 2.63. The van der Waals surface area contributed by atoms with Crippen molar-refractivity contribution < 1.29 is 14.3 Å². The summed E-state index contributed by atoms with van der Waals surface area (Å²) >= 11 is 0. The molecular formula is C15H21NO3. The SMILES string of the molecule is COC(=O)C(NCC1CCC(C)O1)c1ccccc1. The summed E-state index contributed by atoms with van der Waals surface area (Å²) in [6, 6.07) is 9.19. The number of ether oxygens (including phenoxy) is 2. The summed E-state index contributed by atoms with van der Waals surface area (Å²) in [5.41, 5.74) is 0.917. The lowest BCUT2D eigenvalue weighted by atomic mass is 10.1. The third-order valence-corrected chi connectivity index (χ3v) is 3.44. The van der Waals surface area contributed by atoms with Gasteiger partial charge in [-0.1, -0.05) is 30.3 Å². The average molecular weight is 263 g/mol. The summed E-state index contributed by atoms with van der Waals surface area (Å²) in [7, 11) is 1.41. The molecule has 0 radical (unpaired) electrons. The van der Waals surface area contributed by atoms with Gasteiger partial charge in [0.25, 0.3) is 0 Å². The molecule has 1 aromatic carbocycles. The Hall–Kier alpha value is -1.39. The van der Waals surface area contributed by atoms with E-state index in [-0.39, 0.29) is 12.1 Å². The zero-order valence-electron chi connectivity index (χ0n) is 11.5. The van der Waals surface area contributed by atoms with E-state index in [1.807, 2.05) is 30.3 Å². The van der Waals surface area contributed by atoms with Crippen LogP contribution in [-0.2, 0) is 14.3 Å². The Bertz CT molecular complexity index is 407. The predicted octanol–water partition coefficient (Wildman–Crippen LogP) is 2.06. The molecule has 0 spiro atoms. The quantitative estimate of drug-likeness (QED) is 0.826. The Morgan fingerprint density at radius 3 is 2.74 bits per heavy atom. The molecule has 2 rings (SSSR count). The van der Waals surface area contributed by atoms with Gasteiger partial charge >= 0.3 is 5.97 Å². The summed E-state index contributed by atoms with van der Waals surface area (Å²) in [5.74, 6) is -0.266. The highest BCUT2D eigenvalue weighted by atomic mass is 16.5. The Labute approximate surface area is 114 Å². The Morgan fingerprint density at radius 1 is 1.42 bits per heavy atom. The maximum absolute atomic E-state index is 11.9. The molecule has 0 aliphatic carbocycles. The minimum atomic E-state index is -0.425. The monoisotopic (exact) mass is 263 g/mol. The van der Waals surface area contributed by atoms with Gasteiger partial charge in [0.05, 0.1) is 19.3 Å². The Kier molecular flexibility index (Phi) is 4.93. The van der Waals surface area contributed by atoms with E-state index in [9.17, 15) is 4.79 Å². The molecule has 1 heterocycles. The van der Waals surface area contributed by atoms with Gasteiger partial charge in [-0.2, -0.15) is 0 Å². The zero-order chi connectivity index (χ0) is 13.7. The summed E-state index contributed by atoms with van der Waals surface area (Å²) < 4.78 is 10.6. The third kappa shape index (κ3) is 3.78. The van der Waals surface area contributed by atoms with Crippen LogP contribution in [0.3, 0.4) is 0 Å². The normalized spacial score (nSPS) is 24.1. The molecule has 0 bridgehead atoms. The number of hydrogen-bond donors (Lipinski definition) is 1. The molecule has 1 aliphatic rings. The van der Waals surface area contributed by atoms with Crippen LogP contribution in [-0.4, -0.2) is 31.8 Å². The Morgan fingerprint density at radius 2 is 2.16 bits per heavy atom. The van der Waals surface area contributed by atoms with Crippen molar-refractivity contribution in [1.29, 1.82) is 0 Å². The summed E-state index contributed by atoms with van der Waals surface area (Å²) in [5, 5.41) is 3.25. The highest BCUT2D eigenvalue weighted by molar-refractivity contribution is 5.77. The molecule has 104 valence electrons. The van der Waals surface area contributed by atoms with Gasteiger partial charge in [0, 0.05) is 6.54 Å². The predicted molar refractivity (Wildman–Crippen MR) is 72.8 cm³/mol. The zero-order valence-corrected chi connectivity index (χ0v) is 11.5. The highest BCUT2D eigenvalue weighted by Crippen LogP contribution is 2.20. The number of benzene rings is 1. The van der Waals surface area contributed by atoms with Gasteiger partial charge in [-0.15, -0.1) is 0 Å². The van der Waals surface area contributed by atoms with Gasteiger partial charge in [-0.3, -0.25) is 5.32 Å². The van der Waals surface area contributed by atoms with Gasteiger partial charge in [-0.05, 0) is 25.3 Å². The molecule has 4 heteroatoms. The molecule has 0 saturated carbocycles. The smallest absolute Gasteiger partial charge is 0.327 e. The van der Waals surface area contributed by atoms with E-state index in [2.05, 4.69) is 12.2 Å². The molecule has 1 N–H and O–H groups in total. The minimum Gasteiger partial charge on any atom is -0.468 e. The first-order chi connectivity index (χ1) is 9.20. The van der Waals surface area contributed by atoms with E-state index < -0.39 is 6.04 Å². The maximum atomic E-state index is 11.9. The van der Waals surface area contributed by atoms with Gasteiger partial charge in [0.2, 0.25) is 0 Å². The standard InChI is InChI=1S/C15H21NO3/c1-11-8-9-13(19-11)10-16-14(15(17)18-2)12-6-4-3-5-7-12/h3-7,11,13-14,16H,8-10H2,1-2H3. The van der Waals surface area contributed by atoms with Gasteiger partial charge < -0.3 is 9.47 Å². The molecule has 1 aromatic rings. The average Bonchev–Trinajstić information content (AvgIpc) is 2.85. The van der Waals surface area contributed by atoms with Crippen LogP contribution in [0.15, 0.2) is 30.3 Å². The van der Waals surface area contributed by atoms with E-state index in [4.69, 9.17) is 9.47 Å². The maximum Gasteiger partial charge on any atom is 0.327 e. The molecule has 4 nitrogen and oxygen atoms in total. The number of carbonyl (C=O) groups excluding carboxylic acids is 1. The number of carbonyl (C=O) groups is 1. The molecule has 3 unspecified atom stereocenters. The summed E-state index contributed by atoms with van der Waals surface area (Å²) in [6.45, 7) is 2.74. The highest BCUT2D eigenvalue weighted by Gasteiger charge is 2.25. The van der Waals surface area contributed by atoms with Crippen molar-refractivity contribution in [3.05, 3.63) is 35.9 Å². The van der Waals surface area contributed by atoms with Crippen LogP contribution in [0.25, 0.3) is 0 Å². The number of rotatable bonds is 5. The van der Waals surface area contributed by atoms with Gasteiger partial charge in [-0.25, -0.2) is 4.79 Å². The van der Waals surface area contributed by atoms with E-state index in [1.165, 1.54) is 7.11 Å². The van der Waals surface area contributed by atoms with E-state index in [1.54, 1.807) is 0 Å². The first-order valence-electron chi connectivity index (χ1n) is 6.72. The second-order valence-electron chi connectivity index (χ2n) is 4.92. The molecule has 19 heavy (non-hydrogen) atoms. The fourth-order valence-corrected chi connectivity index (χ4v) is 2.39. The van der Waals surface area contributed by atoms with Crippen molar-refractivity contribution >= 4 is 5.97 Å². The first kappa shape index (κ1) is 14.0. The van der Waals surface area contributed by atoms with Crippen LogP contribution in [0.2, 0.25) is 0 Å². The molecule has 0 amide bonds. The lowest BCUT2D eigenvalue weighted by molar-refractivity contribution is -0.143. The lowest BCUT2D eigenvalue weighted by Gasteiger charge is -2.19. The second kappa shape index (κ2) is 6.68. The van der Waals surface area contributed by atoms with E-state index >= 15 is 0 Å². The number of nitrogens with one attached hydrogen (secondary N) is 1. The van der Waals surface area contributed by atoms with Crippen molar-refractivity contribution in [2.75, 3.05) is 13.7 Å². The lowest BCUT2D eigenvalue weighted by Crippen LogP contribution is -2.35. The first-order valence-corrected chi connectivity index (χ1v) is 6.72. The van der Waals surface area contributed by atoms with Crippen molar-refractivity contribution in [2.24, 2.45) is 0 Å². The van der Waals surface area contributed by atoms with Crippen molar-refractivity contribution in [1.82, 2.24) is 5.32 Å². The molecule has 1 fully saturated rings. The largest absolute Gasteiger partial charge is 0.468 e. The molecule has 1 saturated heterocycles. The van der Waals surface area contributed by atoms with Gasteiger partial charge in [0.1, 0.15) is 6.04 Å². The fourth-order valence-electron chi connectivity index (χ4n) is 2.39. The van der Waals surface area contributed by atoms with Crippen LogP contribution in [0.1, 0.15) is 31.4 Å². The van der Waals surface area contributed by atoms with E-state index in [0.29, 0.717) is 12.6 Å². The fraction of sp³-hybridized carbons (Fsp3) is 0.533. The van der Waals surface area contributed by atoms with Crippen molar-refractivity contribution in [2.45, 2.75) is 38.0 Å². The Balaban J connectivity index is 1.97. The number of esters is 1. The van der Waals surface area contributed by atoms with Gasteiger partial charge in [0.15, 0.2) is 0 Å². The molecule has 0 aromatic heterocycles. The van der Waals surface area contributed by atoms with Crippen molar-refractivity contribution in [3.8, 4) is 0 Å².